The number of H-pyrrole nitrogens is 1. The van der Waals surface area contributed by atoms with Crippen LogP contribution in [0.3, 0.4) is 0 Å². The van der Waals surface area contributed by atoms with Crippen molar-refractivity contribution in [1.29, 1.82) is 0 Å². The Balaban J connectivity index is 1.64. The van der Waals surface area contributed by atoms with Crippen LogP contribution in [-0.2, 0) is 11.3 Å². The molecule has 26 heavy (non-hydrogen) atoms. The maximum atomic E-state index is 12.6. The van der Waals surface area contributed by atoms with Crippen LogP contribution in [0, 0.1) is 0 Å². The van der Waals surface area contributed by atoms with Gasteiger partial charge in [-0.2, -0.15) is 0 Å². The fraction of sp³-hybridized carbons (Fsp3) is 0.550. The van der Waals surface area contributed by atoms with E-state index in [4.69, 9.17) is 9.47 Å². The number of methoxy groups -OCH3 is 2. The van der Waals surface area contributed by atoms with Gasteiger partial charge < -0.3 is 19.6 Å². The molecule has 2 aromatic rings. The van der Waals surface area contributed by atoms with E-state index in [0.717, 1.165) is 48.0 Å². The molecule has 0 amide bonds. The molecule has 2 N–H and O–H groups in total. The second-order valence-corrected chi connectivity index (χ2v) is 7.51. The van der Waals surface area contributed by atoms with Crippen molar-refractivity contribution >= 4 is 10.9 Å². The van der Waals surface area contributed by atoms with Crippen LogP contribution in [0.25, 0.3) is 10.9 Å². The van der Waals surface area contributed by atoms with Gasteiger partial charge in [0.15, 0.2) is 0 Å². The first-order chi connectivity index (χ1) is 12.5. The second-order valence-electron chi connectivity index (χ2n) is 7.51. The number of nitrogens with zero attached hydrogens (tertiary/aromatic N) is 1. The van der Waals surface area contributed by atoms with Gasteiger partial charge in [-0.05, 0) is 49.9 Å². The van der Waals surface area contributed by atoms with Crippen molar-refractivity contribution in [2.75, 3.05) is 20.8 Å². The van der Waals surface area contributed by atoms with Crippen LogP contribution in [-0.4, -0.2) is 53.5 Å². The number of aliphatic hydroxyl groups is 1. The fourth-order valence-corrected chi connectivity index (χ4v) is 4.65. The molecule has 0 bridgehead atoms. The molecule has 1 saturated heterocycles. The lowest BCUT2D eigenvalue weighted by molar-refractivity contribution is -0.0879. The minimum atomic E-state index is -0.289. The van der Waals surface area contributed by atoms with Gasteiger partial charge in [0.25, 0.3) is 5.56 Å². The monoisotopic (exact) mass is 358 g/mol. The molecular weight excluding hydrogens is 332 g/mol. The summed E-state index contributed by atoms with van der Waals surface area (Å²) in [4.78, 5) is 17.8. The molecule has 140 valence electrons. The number of likely N-dealkylation sites (tertiary alicyclic amines) is 1. The molecule has 2 fully saturated rings. The third-order valence-electron chi connectivity index (χ3n) is 6.17. The molecule has 1 aliphatic carbocycles. The van der Waals surface area contributed by atoms with Crippen LogP contribution in [0.1, 0.15) is 31.2 Å². The maximum absolute atomic E-state index is 12.6. The summed E-state index contributed by atoms with van der Waals surface area (Å²) in [6, 6.07) is 7.74. The Bertz CT molecular complexity index is 865. The van der Waals surface area contributed by atoms with Gasteiger partial charge in [-0.1, -0.05) is 0 Å². The third-order valence-corrected chi connectivity index (χ3v) is 6.17. The van der Waals surface area contributed by atoms with Crippen LogP contribution >= 0.6 is 0 Å². The smallest absolute Gasteiger partial charge is 0.252 e. The van der Waals surface area contributed by atoms with Crippen molar-refractivity contribution in [3.8, 4) is 5.75 Å². The van der Waals surface area contributed by atoms with Crippen molar-refractivity contribution in [2.45, 2.75) is 50.0 Å². The molecule has 4 rings (SSSR count). The Morgan fingerprint density at radius 3 is 2.92 bits per heavy atom. The molecule has 3 atom stereocenters. The van der Waals surface area contributed by atoms with Gasteiger partial charge in [-0.3, -0.25) is 9.69 Å². The number of rotatable bonds is 4. The summed E-state index contributed by atoms with van der Waals surface area (Å²) in [5.41, 5.74) is 1.29. The Kier molecular flexibility index (Phi) is 4.50. The van der Waals surface area contributed by atoms with E-state index >= 15 is 0 Å². The molecule has 1 aromatic heterocycles. The molecule has 2 aliphatic rings. The van der Waals surface area contributed by atoms with Crippen molar-refractivity contribution in [2.24, 2.45) is 0 Å². The first kappa shape index (κ1) is 17.5. The van der Waals surface area contributed by atoms with Gasteiger partial charge in [-0.15, -0.1) is 0 Å². The van der Waals surface area contributed by atoms with Gasteiger partial charge in [-0.25, -0.2) is 0 Å². The third kappa shape index (κ3) is 2.92. The van der Waals surface area contributed by atoms with E-state index in [0.29, 0.717) is 13.0 Å². The van der Waals surface area contributed by atoms with Crippen LogP contribution in [0.15, 0.2) is 29.1 Å². The van der Waals surface area contributed by atoms with E-state index in [1.165, 1.54) is 0 Å². The summed E-state index contributed by atoms with van der Waals surface area (Å²) in [5, 5.41) is 11.1. The molecule has 0 spiro atoms. The van der Waals surface area contributed by atoms with Gasteiger partial charge in [0.1, 0.15) is 5.75 Å². The Hall–Kier alpha value is -1.89. The number of hydrogen-bond donors (Lipinski definition) is 2. The SMILES string of the molecule is COc1ccc2[nH]c(=O)c(CN3CC[C@]4(OC)CC[C@@H](O)C[C@H]34)cc2c1. The lowest BCUT2D eigenvalue weighted by atomic mass is 9.79. The zero-order valence-corrected chi connectivity index (χ0v) is 15.3. The van der Waals surface area contributed by atoms with Crippen LogP contribution < -0.4 is 10.3 Å². The highest BCUT2D eigenvalue weighted by molar-refractivity contribution is 5.80. The van der Waals surface area contributed by atoms with Crippen molar-refractivity contribution in [1.82, 2.24) is 9.88 Å². The number of aliphatic hydroxyl groups excluding tert-OH is 1. The molecule has 1 saturated carbocycles. The van der Waals surface area contributed by atoms with E-state index < -0.39 is 0 Å². The maximum Gasteiger partial charge on any atom is 0.252 e. The highest BCUT2D eigenvalue weighted by Gasteiger charge is 2.50. The molecule has 0 radical (unpaired) electrons. The molecule has 1 aromatic carbocycles. The summed E-state index contributed by atoms with van der Waals surface area (Å²) in [5.74, 6) is 0.769. The zero-order chi connectivity index (χ0) is 18.3. The molecule has 2 heterocycles. The average molecular weight is 358 g/mol. The first-order valence-electron chi connectivity index (χ1n) is 9.22. The largest absolute Gasteiger partial charge is 0.497 e. The number of hydrogen-bond acceptors (Lipinski definition) is 5. The molecule has 1 aliphatic heterocycles. The van der Waals surface area contributed by atoms with E-state index in [1.54, 1.807) is 14.2 Å². The van der Waals surface area contributed by atoms with E-state index in [2.05, 4.69) is 9.88 Å². The number of aromatic amines is 1. The van der Waals surface area contributed by atoms with Crippen molar-refractivity contribution < 1.29 is 14.6 Å². The lowest BCUT2D eigenvalue weighted by Gasteiger charge is -2.42. The number of aromatic nitrogens is 1. The van der Waals surface area contributed by atoms with E-state index in [9.17, 15) is 9.90 Å². The summed E-state index contributed by atoms with van der Waals surface area (Å²) in [6.45, 7) is 1.44. The van der Waals surface area contributed by atoms with Crippen LogP contribution in [0.4, 0.5) is 0 Å². The van der Waals surface area contributed by atoms with Gasteiger partial charge in [0, 0.05) is 42.7 Å². The number of pyridine rings is 1. The van der Waals surface area contributed by atoms with Gasteiger partial charge >= 0.3 is 0 Å². The Morgan fingerprint density at radius 1 is 1.31 bits per heavy atom. The van der Waals surface area contributed by atoms with Crippen molar-refractivity contribution in [3.63, 3.8) is 0 Å². The highest BCUT2D eigenvalue weighted by atomic mass is 16.5. The normalized spacial score (nSPS) is 29.0. The summed E-state index contributed by atoms with van der Waals surface area (Å²) in [7, 11) is 3.40. The van der Waals surface area contributed by atoms with E-state index in [-0.39, 0.29) is 23.3 Å². The van der Waals surface area contributed by atoms with E-state index in [1.807, 2.05) is 24.3 Å². The predicted molar refractivity (Wildman–Crippen MR) is 99.5 cm³/mol. The molecule has 0 unspecified atom stereocenters. The minimum Gasteiger partial charge on any atom is -0.497 e. The molecular formula is C20H26N2O4. The summed E-state index contributed by atoms with van der Waals surface area (Å²) in [6.07, 6.45) is 3.02. The number of benzene rings is 1. The molecule has 6 heteroatoms. The summed E-state index contributed by atoms with van der Waals surface area (Å²) < 4.78 is 11.2. The fourth-order valence-electron chi connectivity index (χ4n) is 4.65. The second kappa shape index (κ2) is 6.68. The Morgan fingerprint density at radius 2 is 2.15 bits per heavy atom. The Labute approximate surface area is 152 Å². The predicted octanol–water partition coefficient (Wildman–Crippen LogP) is 2.04. The average Bonchev–Trinajstić information content (AvgIpc) is 3.00. The number of ether oxygens (including phenoxy) is 2. The quantitative estimate of drug-likeness (QED) is 0.875. The zero-order valence-electron chi connectivity index (χ0n) is 15.3. The first-order valence-corrected chi connectivity index (χ1v) is 9.22. The van der Waals surface area contributed by atoms with Gasteiger partial charge in [0.05, 0.1) is 18.8 Å². The highest BCUT2D eigenvalue weighted by Crippen LogP contribution is 2.42. The standard InChI is InChI=1S/C20H26N2O4/c1-25-16-3-4-17-13(10-16)9-14(19(24)21-17)12-22-8-7-20(26-2)6-5-15(23)11-18(20)22/h3-4,9-10,15,18,23H,5-8,11-12H2,1-2H3,(H,21,24)/t15-,18+,20-/m1/s1. The van der Waals surface area contributed by atoms with Crippen LogP contribution in [0.2, 0.25) is 0 Å². The lowest BCUT2D eigenvalue weighted by Crippen LogP contribution is -2.51. The van der Waals surface area contributed by atoms with Gasteiger partial charge in [0.2, 0.25) is 0 Å². The number of fused-ring (bicyclic) bond motifs is 2. The topological polar surface area (TPSA) is 74.8 Å². The molecule has 6 nitrogen and oxygen atoms in total. The number of nitrogens with one attached hydrogen (secondary N) is 1. The van der Waals surface area contributed by atoms with Crippen LogP contribution in [0.5, 0.6) is 5.75 Å². The summed E-state index contributed by atoms with van der Waals surface area (Å²) >= 11 is 0. The minimum absolute atomic E-state index is 0.0612. The van der Waals surface area contributed by atoms with Crippen molar-refractivity contribution in [3.05, 3.63) is 40.2 Å².